The van der Waals surface area contributed by atoms with Crippen LogP contribution in [0.15, 0.2) is 48.5 Å². The van der Waals surface area contributed by atoms with E-state index in [0.29, 0.717) is 18.1 Å². The fourth-order valence-electron chi connectivity index (χ4n) is 3.58. The van der Waals surface area contributed by atoms with Crippen molar-refractivity contribution in [3.05, 3.63) is 64.9 Å². The highest BCUT2D eigenvalue weighted by Gasteiger charge is 2.32. The lowest BCUT2D eigenvalue weighted by molar-refractivity contribution is -0.131. The van der Waals surface area contributed by atoms with E-state index in [-0.39, 0.29) is 24.5 Å². The number of nitrogens with zero attached hydrogens (tertiary/aromatic N) is 2. The number of carbonyl (C=O) groups excluding carboxylic acids is 2. The van der Waals surface area contributed by atoms with Crippen LogP contribution < -0.4 is 10.6 Å². The zero-order chi connectivity index (χ0) is 20.2. The maximum atomic E-state index is 12.7. The van der Waals surface area contributed by atoms with E-state index >= 15 is 0 Å². The summed E-state index contributed by atoms with van der Waals surface area (Å²) in [6, 6.07) is 14.6. The fraction of sp³-hybridized carbons (Fsp3) is 0.286. The number of urea groups is 1. The minimum absolute atomic E-state index is 0.0524. The number of nitrogens with one attached hydrogen (secondary N) is 3. The summed E-state index contributed by atoms with van der Waals surface area (Å²) < 4.78 is 0. The zero-order valence-electron chi connectivity index (χ0n) is 15.8. The predicted octanol–water partition coefficient (Wildman–Crippen LogP) is 3.38. The lowest BCUT2D eigenvalue weighted by Gasteiger charge is -2.23. The molecule has 1 atom stereocenters. The van der Waals surface area contributed by atoms with Crippen LogP contribution in [0.3, 0.4) is 0 Å². The number of hydrogen-bond acceptors (Lipinski definition) is 3. The minimum Gasteiger partial charge on any atom is -0.340 e. The second kappa shape index (κ2) is 8.53. The number of hydrogen-bond donors (Lipinski definition) is 3. The molecule has 1 aromatic heterocycles. The number of aromatic nitrogens is 2. The van der Waals surface area contributed by atoms with E-state index in [0.717, 1.165) is 35.3 Å². The molecule has 3 N–H and O–H groups in total. The molecule has 0 radical (unpaired) electrons. The maximum Gasteiger partial charge on any atom is 0.315 e. The van der Waals surface area contributed by atoms with Crippen molar-refractivity contribution in [3.8, 4) is 0 Å². The third-order valence-corrected chi connectivity index (χ3v) is 5.31. The number of benzene rings is 2. The van der Waals surface area contributed by atoms with Crippen molar-refractivity contribution in [2.24, 2.45) is 0 Å². The van der Waals surface area contributed by atoms with E-state index in [1.807, 2.05) is 36.4 Å². The van der Waals surface area contributed by atoms with Gasteiger partial charge >= 0.3 is 6.03 Å². The fourth-order valence-corrected chi connectivity index (χ4v) is 3.71. The van der Waals surface area contributed by atoms with E-state index in [2.05, 4.69) is 20.6 Å². The first kappa shape index (κ1) is 19.3. The Labute approximate surface area is 173 Å². The third-order valence-electron chi connectivity index (χ3n) is 5.06. The molecule has 1 aliphatic heterocycles. The Hall–Kier alpha value is -3.06. The van der Waals surface area contributed by atoms with Crippen LogP contribution in [0.4, 0.5) is 4.79 Å². The molecule has 29 heavy (non-hydrogen) atoms. The topological polar surface area (TPSA) is 90.1 Å². The first-order chi connectivity index (χ1) is 14.1. The highest BCUT2D eigenvalue weighted by atomic mass is 35.5. The van der Waals surface area contributed by atoms with Gasteiger partial charge in [0.2, 0.25) is 5.91 Å². The van der Waals surface area contributed by atoms with Gasteiger partial charge in [0.15, 0.2) is 0 Å². The SMILES string of the molecule is O=C(NCC(=O)N1CCCC1c1nc2ccccc2[nH]1)NCc1ccc(Cl)cc1. The maximum absolute atomic E-state index is 12.7. The molecule has 2 aromatic carbocycles. The number of amides is 3. The van der Waals surface area contributed by atoms with Crippen molar-refractivity contribution >= 4 is 34.6 Å². The van der Waals surface area contributed by atoms with Gasteiger partial charge in [0.25, 0.3) is 0 Å². The summed E-state index contributed by atoms with van der Waals surface area (Å²) >= 11 is 5.85. The first-order valence-electron chi connectivity index (χ1n) is 9.60. The number of H-pyrrole nitrogens is 1. The number of carbonyl (C=O) groups is 2. The van der Waals surface area contributed by atoms with Crippen LogP contribution in [0.2, 0.25) is 5.02 Å². The van der Waals surface area contributed by atoms with Crippen LogP contribution in [-0.2, 0) is 11.3 Å². The van der Waals surface area contributed by atoms with E-state index in [1.54, 1.807) is 17.0 Å². The molecular formula is C21H22ClN5O2. The van der Waals surface area contributed by atoms with Gasteiger partial charge in [-0.3, -0.25) is 4.79 Å². The first-order valence-corrected chi connectivity index (χ1v) is 9.98. The summed E-state index contributed by atoms with van der Waals surface area (Å²) in [6.45, 7) is 0.973. The van der Waals surface area contributed by atoms with Crippen molar-refractivity contribution < 1.29 is 9.59 Å². The molecule has 0 spiro atoms. The molecule has 1 unspecified atom stereocenters. The van der Waals surface area contributed by atoms with Crippen LogP contribution in [0.5, 0.6) is 0 Å². The lowest BCUT2D eigenvalue weighted by Crippen LogP contribution is -2.43. The molecule has 1 fully saturated rings. The quantitative estimate of drug-likeness (QED) is 0.601. The van der Waals surface area contributed by atoms with Gasteiger partial charge in [-0.05, 0) is 42.7 Å². The molecule has 0 bridgehead atoms. The van der Waals surface area contributed by atoms with Gasteiger partial charge in [-0.1, -0.05) is 35.9 Å². The summed E-state index contributed by atoms with van der Waals surface area (Å²) in [5.74, 6) is 0.679. The Morgan fingerprint density at radius 2 is 1.93 bits per heavy atom. The van der Waals surface area contributed by atoms with Crippen LogP contribution in [-0.4, -0.2) is 39.9 Å². The predicted molar refractivity (Wildman–Crippen MR) is 111 cm³/mol. The van der Waals surface area contributed by atoms with Crippen molar-refractivity contribution in [1.82, 2.24) is 25.5 Å². The largest absolute Gasteiger partial charge is 0.340 e. The molecule has 3 aromatic rings. The molecule has 7 nitrogen and oxygen atoms in total. The number of imidazole rings is 1. The molecular weight excluding hydrogens is 390 g/mol. The monoisotopic (exact) mass is 411 g/mol. The van der Waals surface area contributed by atoms with Crippen molar-refractivity contribution in [3.63, 3.8) is 0 Å². The third kappa shape index (κ3) is 4.51. The van der Waals surface area contributed by atoms with E-state index in [1.165, 1.54) is 0 Å². The molecule has 2 heterocycles. The highest BCUT2D eigenvalue weighted by Crippen LogP contribution is 2.31. The Morgan fingerprint density at radius 1 is 1.14 bits per heavy atom. The van der Waals surface area contributed by atoms with E-state index in [9.17, 15) is 9.59 Å². The van der Waals surface area contributed by atoms with Crippen LogP contribution in [0, 0.1) is 0 Å². The number of halogens is 1. The summed E-state index contributed by atoms with van der Waals surface area (Å²) in [7, 11) is 0. The molecule has 1 saturated heterocycles. The summed E-state index contributed by atoms with van der Waals surface area (Å²) in [4.78, 5) is 34.5. The average Bonchev–Trinajstić information content (AvgIpc) is 3.38. The van der Waals surface area contributed by atoms with Crippen molar-refractivity contribution in [2.45, 2.75) is 25.4 Å². The summed E-state index contributed by atoms with van der Waals surface area (Å²) in [5, 5.41) is 6.03. The normalized spacial score (nSPS) is 16.2. The number of rotatable bonds is 5. The van der Waals surface area contributed by atoms with Gasteiger partial charge in [-0.25, -0.2) is 9.78 Å². The molecule has 150 valence electrons. The Kier molecular flexibility index (Phi) is 5.67. The smallest absolute Gasteiger partial charge is 0.315 e. The lowest BCUT2D eigenvalue weighted by atomic mass is 10.2. The van der Waals surface area contributed by atoms with Crippen molar-refractivity contribution in [1.29, 1.82) is 0 Å². The number of para-hydroxylation sites is 2. The van der Waals surface area contributed by atoms with Gasteiger partial charge < -0.3 is 20.5 Å². The van der Waals surface area contributed by atoms with E-state index in [4.69, 9.17) is 11.6 Å². The molecule has 1 aliphatic rings. The number of likely N-dealkylation sites (tertiary alicyclic amines) is 1. The van der Waals surface area contributed by atoms with Crippen LogP contribution in [0.1, 0.15) is 30.3 Å². The highest BCUT2D eigenvalue weighted by molar-refractivity contribution is 6.30. The van der Waals surface area contributed by atoms with Gasteiger partial charge in [-0.2, -0.15) is 0 Å². The number of aromatic amines is 1. The minimum atomic E-state index is -0.382. The van der Waals surface area contributed by atoms with Crippen LogP contribution >= 0.6 is 11.6 Å². The molecule has 3 amide bonds. The van der Waals surface area contributed by atoms with Gasteiger partial charge in [0.1, 0.15) is 5.82 Å². The Bertz CT molecular complexity index is 984. The average molecular weight is 412 g/mol. The van der Waals surface area contributed by atoms with E-state index < -0.39 is 0 Å². The van der Waals surface area contributed by atoms with Gasteiger partial charge in [0.05, 0.1) is 23.6 Å². The van der Waals surface area contributed by atoms with Gasteiger partial charge in [-0.15, -0.1) is 0 Å². The summed E-state index contributed by atoms with van der Waals surface area (Å²) in [5.41, 5.74) is 2.78. The second-order valence-electron chi connectivity index (χ2n) is 7.05. The Morgan fingerprint density at radius 3 is 2.72 bits per heavy atom. The molecule has 0 aliphatic carbocycles. The summed E-state index contributed by atoms with van der Waals surface area (Å²) in [6.07, 6.45) is 1.77. The second-order valence-corrected chi connectivity index (χ2v) is 7.48. The van der Waals surface area contributed by atoms with Crippen molar-refractivity contribution in [2.75, 3.05) is 13.1 Å². The standard InChI is InChI=1S/C21H22ClN5O2/c22-15-9-7-14(8-10-15)12-23-21(29)24-13-19(28)27-11-3-6-18(27)20-25-16-4-1-2-5-17(16)26-20/h1-2,4-5,7-10,18H,3,6,11-13H2,(H,25,26)(H2,23,24,29). The van der Waals surface area contributed by atoms with Gasteiger partial charge in [0, 0.05) is 18.1 Å². The molecule has 0 saturated carbocycles. The number of fused-ring (bicyclic) bond motifs is 1. The Balaban J connectivity index is 1.31. The van der Waals surface area contributed by atoms with Crippen LogP contribution in [0.25, 0.3) is 11.0 Å². The molecule has 4 rings (SSSR count). The molecule has 8 heteroatoms. The zero-order valence-corrected chi connectivity index (χ0v) is 16.6.